The highest BCUT2D eigenvalue weighted by molar-refractivity contribution is 6.12. The van der Waals surface area contributed by atoms with Crippen molar-refractivity contribution in [2.45, 2.75) is 78.1 Å². The second-order valence-electron chi connectivity index (χ2n) is 9.51. The molecule has 5 heteroatoms. The van der Waals surface area contributed by atoms with Crippen LogP contribution in [0.4, 0.5) is 11.4 Å². The van der Waals surface area contributed by atoms with E-state index < -0.39 is 0 Å². The summed E-state index contributed by atoms with van der Waals surface area (Å²) in [6.45, 7) is 4.47. The summed E-state index contributed by atoms with van der Waals surface area (Å²) in [5, 5.41) is 15.1. The molecular formula is C31H40N2O3. The number of hydrogen-bond donors (Lipinski definition) is 2. The Bertz CT molecular complexity index is 1130. The third-order valence-electron chi connectivity index (χ3n) is 6.69. The average Bonchev–Trinajstić information content (AvgIpc) is 2.88. The third kappa shape index (κ3) is 7.58. The predicted molar refractivity (Wildman–Crippen MR) is 150 cm³/mol. The molecule has 5 nitrogen and oxygen atoms in total. The zero-order valence-corrected chi connectivity index (χ0v) is 21.8. The number of anilines is 2. The fourth-order valence-electron chi connectivity index (χ4n) is 4.67. The molecule has 0 aliphatic heterocycles. The molecule has 2 amide bonds. The summed E-state index contributed by atoms with van der Waals surface area (Å²) >= 11 is 0. The Kier molecular flexibility index (Phi) is 10.8. The van der Waals surface area contributed by atoms with Crippen LogP contribution >= 0.6 is 0 Å². The number of hydrogen-bond acceptors (Lipinski definition) is 3. The van der Waals surface area contributed by atoms with Gasteiger partial charge >= 0.3 is 0 Å². The molecule has 0 atom stereocenters. The molecule has 0 radical (unpaired) electrons. The first-order valence-electron chi connectivity index (χ1n) is 13.4. The molecule has 0 bridgehead atoms. The van der Waals surface area contributed by atoms with Crippen LogP contribution in [0.3, 0.4) is 0 Å². The van der Waals surface area contributed by atoms with Gasteiger partial charge in [0.15, 0.2) is 0 Å². The normalized spacial score (nSPS) is 10.9. The number of aromatic hydroxyl groups is 1. The Morgan fingerprint density at radius 2 is 1.39 bits per heavy atom. The molecule has 3 aromatic carbocycles. The second-order valence-corrected chi connectivity index (χ2v) is 9.51. The standard InChI is InChI=1S/C31H40N2O3/c1-3-4-5-6-7-8-9-10-11-15-23-33(24(2)34)29-20-16-19-27-26(29)21-22-28(30(27)35)31(36)32-25-17-13-12-14-18-25/h12-14,16-22,35H,3-11,15,23H2,1-2H3,(H,32,36). The van der Waals surface area contributed by atoms with Crippen LogP contribution in [-0.4, -0.2) is 23.5 Å². The molecule has 0 saturated heterocycles. The Morgan fingerprint density at radius 3 is 2.03 bits per heavy atom. The minimum atomic E-state index is -0.375. The minimum Gasteiger partial charge on any atom is -0.506 e. The molecule has 3 aromatic rings. The van der Waals surface area contributed by atoms with Crippen LogP contribution < -0.4 is 10.2 Å². The number of para-hydroxylation sites is 1. The van der Waals surface area contributed by atoms with Gasteiger partial charge in [0.05, 0.1) is 11.3 Å². The number of carbonyl (C=O) groups excluding carboxylic acids is 2. The fraction of sp³-hybridized carbons (Fsp3) is 0.419. The highest BCUT2D eigenvalue weighted by atomic mass is 16.3. The monoisotopic (exact) mass is 488 g/mol. The molecule has 192 valence electrons. The summed E-state index contributed by atoms with van der Waals surface area (Å²) in [5.74, 6) is -0.478. The quantitative estimate of drug-likeness (QED) is 0.225. The lowest BCUT2D eigenvalue weighted by atomic mass is 10.0. The van der Waals surface area contributed by atoms with Crippen LogP contribution in [0.15, 0.2) is 60.7 Å². The van der Waals surface area contributed by atoms with E-state index in [0.29, 0.717) is 17.6 Å². The van der Waals surface area contributed by atoms with Crippen molar-refractivity contribution in [3.63, 3.8) is 0 Å². The first-order chi connectivity index (χ1) is 17.5. The van der Waals surface area contributed by atoms with E-state index in [1.165, 1.54) is 51.4 Å². The number of nitrogens with zero attached hydrogens (tertiary/aromatic N) is 1. The van der Waals surface area contributed by atoms with Crippen molar-refractivity contribution in [2.24, 2.45) is 0 Å². The van der Waals surface area contributed by atoms with Crippen LogP contribution in [0.2, 0.25) is 0 Å². The van der Waals surface area contributed by atoms with Gasteiger partial charge in [-0.2, -0.15) is 0 Å². The first kappa shape index (κ1) is 27.3. The lowest BCUT2D eigenvalue weighted by Crippen LogP contribution is -2.29. The topological polar surface area (TPSA) is 69.6 Å². The SMILES string of the molecule is CCCCCCCCCCCCN(C(C)=O)c1cccc2c(O)c(C(=O)Nc3ccccc3)ccc12. The van der Waals surface area contributed by atoms with Gasteiger partial charge in [-0.25, -0.2) is 0 Å². The van der Waals surface area contributed by atoms with Gasteiger partial charge < -0.3 is 15.3 Å². The van der Waals surface area contributed by atoms with Crippen molar-refractivity contribution in [1.29, 1.82) is 0 Å². The largest absolute Gasteiger partial charge is 0.506 e. The number of rotatable bonds is 14. The van der Waals surface area contributed by atoms with Gasteiger partial charge in [0, 0.05) is 29.9 Å². The molecule has 36 heavy (non-hydrogen) atoms. The van der Waals surface area contributed by atoms with Gasteiger partial charge in [-0.1, -0.05) is 101 Å². The van der Waals surface area contributed by atoms with Gasteiger partial charge in [0.25, 0.3) is 5.91 Å². The van der Waals surface area contributed by atoms with E-state index in [1.807, 2.05) is 36.4 Å². The molecule has 0 spiro atoms. The number of nitrogens with one attached hydrogen (secondary N) is 1. The van der Waals surface area contributed by atoms with Gasteiger partial charge in [-0.3, -0.25) is 9.59 Å². The maximum atomic E-state index is 12.8. The average molecular weight is 489 g/mol. The first-order valence-corrected chi connectivity index (χ1v) is 13.4. The van der Waals surface area contributed by atoms with Crippen LogP contribution in [-0.2, 0) is 4.79 Å². The lowest BCUT2D eigenvalue weighted by molar-refractivity contribution is -0.116. The van der Waals surface area contributed by atoms with E-state index >= 15 is 0 Å². The van der Waals surface area contributed by atoms with Crippen molar-refractivity contribution in [3.8, 4) is 5.75 Å². The zero-order chi connectivity index (χ0) is 25.8. The summed E-state index contributed by atoms with van der Waals surface area (Å²) in [6, 6.07) is 18.1. The number of phenolic OH excluding ortho intramolecular Hbond substituents is 1. The van der Waals surface area contributed by atoms with Crippen LogP contribution in [0.25, 0.3) is 10.8 Å². The smallest absolute Gasteiger partial charge is 0.259 e. The molecule has 0 aliphatic carbocycles. The lowest BCUT2D eigenvalue weighted by Gasteiger charge is -2.23. The summed E-state index contributed by atoms with van der Waals surface area (Å²) in [6.07, 6.45) is 12.4. The molecule has 0 unspecified atom stereocenters. The fourth-order valence-corrected chi connectivity index (χ4v) is 4.67. The summed E-state index contributed by atoms with van der Waals surface area (Å²) in [4.78, 5) is 27.1. The van der Waals surface area contributed by atoms with E-state index in [0.717, 1.165) is 23.9 Å². The molecule has 0 aromatic heterocycles. The highest BCUT2D eigenvalue weighted by Crippen LogP contribution is 2.35. The Morgan fingerprint density at radius 1 is 0.750 bits per heavy atom. The number of amides is 2. The van der Waals surface area contributed by atoms with Crippen molar-refractivity contribution in [2.75, 3.05) is 16.8 Å². The Balaban J connectivity index is 1.63. The zero-order valence-electron chi connectivity index (χ0n) is 21.8. The second kappa shape index (κ2) is 14.3. The molecule has 0 saturated carbocycles. The van der Waals surface area contributed by atoms with Gasteiger partial charge in [0.2, 0.25) is 5.91 Å². The molecular weight excluding hydrogens is 448 g/mol. The summed E-state index contributed by atoms with van der Waals surface area (Å²) < 4.78 is 0. The summed E-state index contributed by atoms with van der Waals surface area (Å²) in [7, 11) is 0. The highest BCUT2D eigenvalue weighted by Gasteiger charge is 2.19. The minimum absolute atomic E-state index is 0.0242. The molecule has 0 aliphatic rings. The maximum absolute atomic E-state index is 12.8. The van der Waals surface area contributed by atoms with E-state index in [2.05, 4.69) is 12.2 Å². The third-order valence-corrected chi connectivity index (χ3v) is 6.69. The van der Waals surface area contributed by atoms with E-state index in [9.17, 15) is 14.7 Å². The van der Waals surface area contributed by atoms with Gasteiger partial charge in [-0.15, -0.1) is 0 Å². The van der Waals surface area contributed by atoms with Crippen LogP contribution in [0.1, 0.15) is 88.4 Å². The van der Waals surface area contributed by atoms with Crippen molar-refractivity contribution in [3.05, 3.63) is 66.2 Å². The molecule has 0 fully saturated rings. The van der Waals surface area contributed by atoms with Crippen molar-refractivity contribution < 1.29 is 14.7 Å². The molecule has 2 N–H and O–H groups in total. The van der Waals surface area contributed by atoms with E-state index in [4.69, 9.17) is 0 Å². The van der Waals surface area contributed by atoms with Gasteiger partial charge in [0.1, 0.15) is 5.75 Å². The molecule has 3 rings (SSSR count). The van der Waals surface area contributed by atoms with E-state index in [-0.39, 0.29) is 23.1 Å². The van der Waals surface area contributed by atoms with Crippen LogP contribution in [0, 0.1) is 0 Å². The van der Waals surface area contributed by atoms with Gasteiger partial charge in [-0.05, 0) is 30.7 Å². The number of phenols is 1. The van der Waals surface area contributed by atoms with Crippen molar-refractivity contribution in [1.82, 2.24) is 0 Å². The number of benzene rings is 3. The van der Waals surface area contributed by atoms with Crippen LogP contribution in [0.5, 0.6) is 5.75 Å². The predicted octanol–water partition coefficient (Wildman–Crippen LogP) is 8.07. The number of unbranched alkanes of at least 4 members (excludes halogenated alkanes) is 9. The summed E-state index contributed by atoms with van der Waals surface area (Å²) in [5.41, 5.74) is 1.63. The number of fused-ring (bicyclic) bond motifs is 1. The number of carbonyl (C=O) groups is 2. The Labute approximate surface area is 215 Å². The van der Waals surface area contributed by atoms with E-state index in [1.54, 1.807) is 36.1 Å². The maximum Gasteiger partial charge on any atom is 0.259 e. The Hall–Kier alpha value is -3.34. The van der Waals surface area contributed by atoms with Crippen molar-refractivity contribution >= 4 is 34.0 Å². The molecule has 0 heterocycles.